The lowest BCUT2D eigenvalue weighted by molar-refractivity contribution is 0.664. The number of aliphatic imine (C=N–C) groups is 1. The molecular weight excluding hydrogens is 683 g/mol. The van der Waals surface area contributed by atoms with Crippen molar-refractivity contribution < 1.29 is 4.42 Å². The van der Waals surface area contributed by atoms with Crippen molar-refractivity contribution in [1.82, 2.24) is 9.88 Å². The number of furan rings is 1. The Hall–Kier alpha value is -7.43. The summed E-state index contributed by atoms with van der Waals surface area (Å²) in [7, 11) is 0. The van der Waals surface area contributed by atoms with Crippen LogP contribution in [0.25, 0.3) is 77.4 Å². The first-order valence-electron chi connectivity index (χ1n) is 19.1. The molecule has 3 heterocycles. The van der Waals surface area contributed by atoms with Gasteiger partial charge in [-0.15, -0.1) is 0 Å². The summed E-state index contributed by atoms with van der Waals surface area (Å²) >= 11 is 0. The molecule has 4 nitrogen and oxygen atoms in total. The van der Waals surface area contributed by atoms with Crippen molar-refractivity contribution in [3.63, 3.8) is 0 Å². The van der Waals surface area contributed by atoms with Crippen molar-refractivity contribution in [3.05, 3.63) is 217 Å². The molecule has 1 atom stereocenters. The fourth-order valence-electron chi connectivity index (χ4n) is 8.44. The largest absolute Gasteiger partial charge is 0.456 e. The number of aromatic nitrogens is 1. The third-order valence-electron chi connectivity index (χ3n) is 11.1. The molecule has 0 fully saturated rings. The number of fused-ring (bicyclic) bond motifs is 6. The Morgan fingerprint density at radius 2 is 1.09 bits per heavy atom. The molecule has 1 aliphatic rings. The molecule has 0 spiro atoms. The van der Waals surface area contributed by atoms with Crippen LogP contribution in [0.3, 0.4) is 0 Å². The zero-order valence-corrected chi connectivity index (χ0v) is 30.4. The first kappa shape index (κ1) is 32.0. The minimum Gasteiger partial charge on any atom is -0.456 e. The number of hydrogen-bond acceptors (Lipinski definition) is 3. The molecule has 0 amide bonds. The molecule has 4 heteroatoms. The van der Waals surface area contributed by atoms with E-state index in [1.165, 1.54) is 33.0 Å². The number of allylic oxidation sites excluding steroid dienone is 1. The lowest BCUT2D eigenvalue weighted by atomic mass is 9.94. The molecule has 0 radical (unpaired) electrons. The molecule has 0 bridgehead atoms. The normalized spacial score (nSPS) is 14.2. The van der Waals surface area contributed by atoms with Crippen LogP contribution < -0.4 is 5.32 Å². The summed E-state index contributed by atoms with van der Waals surface area (Å²) in [4.78, 5) is 5.29. The summed E-state index contributed by atoms with van der Waals surface area (Å²) in [6.45, 7) is 0. The van der Waals surface area contributed by atoms with Crippen molar-refractivity contribution in [2.24, 2.45) is 4.99 Å². The smallest absolute Gasteiger partial charge is 0.145 e. The van der Waals surface area contributed by atoms with Gasteiger partial charge < -0.3 is 14.3 Å². The molecule has 11 rings (SSSR count). The third-order valence-corrected chi connectivity index (χ3v) is 11.1. The third kappa shape index (κ3) is 5.34. The zero-order valence-electron chi connectivity index (χ0n) is 30.4. The molecule has 0 aliphatic carbocycles. The summed E-state index contributed by atoms with van der Waals surface area (Å²) in [6, 6.07) is 68.8. The van der Waals surface area contributed by atoms with Gasteiger partial charge in [0.05, 0.1) is 16.7 Å². The summed E-state index contributed by atoms with van der Waals surface area (Å²) < 4.78 is 8.57. The second-order valence-electron chi connectivity index (χ2n) is 14.3. The van der Waals surface area contributed by atoms with Crippen molar-refractivity contribution in [2.75, 3.05) is 0 Å². The van der Waals surface area contributed by atoms with Gasteiger partial charge in [0.1, 0.15) is 17.3 Å². The van der Waals surface area contributed by atoms with E-state index in [4.69, 9.17) is 9.41 Å². The number of nitrogens with zero attached hydrogens (tertiary/aromatic N) is 2. The topological polar surface area (TPSA) is 42.5 Å². The van der Waals surface area contributed by atoms with E-state index in [0.29, 0.717) is 0 Å². The van der Waals surface area contributed by atoms with Crippen LogP contribution in [0.4, 0.5) is 0 Å². The minimum atomic E-state index is -0.269. The summed E-state index contributed by atoms with van der Waals surface area (Å²) in [5.74, 6) is 0. The standard InChI is InChI=1S/C52H35N3O/c1-3-14-34(15-4-1)39-18-7-8-19-41(39)46-33-45(36-16-5-2-6-17-36)53-52(54-46)37-28-26-35(27-29-37)40-22-13-24-48-51(40)43-21-9-11-23-47(43)55(48)38-30-31-50-44(32-38)42-20-10-12-25-49(42)56-50/h1-33,52,54H. The highest BCUT2D eigenvalue weighted by Gasteiger charge is 2.22. The van der Waals surface area contributed by atoms with Crippen LogP contribution in [-0.2, 0) is 0 Å². The molecule has 0 saturated heterocycles. The summed E-state index contributed by atoms with van der Waals surface area (Å²) in [5.41, 5.74) is 15.3. The Morgan fingerprint density at radius 1 is 0.464 bits per heavy atom. The van der Waals surface area contributed by atoms with Gasteiger partial charge in [0.2, 0.25) is 0 Å². The first-order valence-corrected chi connectivity index (χ1v) is 19.1. The Balaban J connectivity index is 1.00. The van der Waals surface area contributed by atoms with E-state index < -0.39 is 0 Å². The molecule has 1 unspecified atom stereocenters. The fourth-order valence-corrected chi connectivity index (χ4v) is 8.44. The predicted molar refractivity (Wildman–Crippen MR) is 232 cm³/mol. The van der Waals surface area contributed by atoms with Gasteiger partial charge in [0.25, 0.3) is 0 Å². The Labute approximate surface area is 324 Å². The zero-order chi connectivity index (χ0) is 37.0. The van der Waals surface area contributed by atoms with E-state index in [-0.39, 0.29) is 6.17 Å². The molecule has 0 saturated carbocycles. The first-order chi connectivity index (χ1) is 27.8. The minimum absolute atomic E-state index is 0.269. The predicted octanol–water partition coefficient (Wildman–Crippen LogP) is 13.1. The van der Waals surface area contributed by atoms with E-state index >= 15 is 0 Å². The van der Waals surface area contributed by atoms with Crippen LogP contribution in [0.15, 0.2) is 210 Å². The Morgan fingerprint density at radius 3 is 1.91 bits per heavy atom. The van der Waals surface area contributed by atoms with Gasteiger partial charge in [0.15, 0.2) is 0 Å². The van der Waals surface area contributed by atoms with E-state index in [2.05, 4.69) is 198 Å². The van der Waals surface area contributed by atoms with Gasteiger partial charge in [-0.25, -0.2) is 0 Å². The second-order valence-corrected chi connectivity index (χ2v) is 14.3. The molecule has 264 valence electrons. The SMILES string of the molecule is C1=C(c2ccccc2-c2ccccc2)NC(c2ccc(-c3cccc4c3c3ccccc3n4-c3ccc4oc5ccccc5c4c3)cc2)N=C1c1ccccc1. The molecular formula is C52H35N3O. The quantitative estimate of drug-likeness (QED) is 0.186. The maximum Gasteiger partial charge on any atom is 0.145 e. The molecule has 56 heavy (non-hydrogen) atoms. The van der Waals surface area contributed by atoms with Crippen LogP contribution in [-0.4, -0.2) is 10.3 Å². The van der Waals surface area contributed by atoms with Crippen LogP contribution in [0.5, 0.6) is 0 Å². The molecule has 1 aliphatic heterocycles. The maximum absolute atomic E-state index is 6.19. The van der Waals surface area contributed by atoms with Gasteiger partial charge in [-0.05, 0) is 75.9 Å². The van der Waals surface area contributed by atoms with Crippen LogP contribution in [0.2, 0.25) is 0 Å². The van der Waals surface area contributed by atoms with Crippen molar-refractivity contribution in [1.29, 1.82) is 0 Å². The highest BCUT2D eigenvalue weighted by Crippen LogP contribution is 2.40. The van der Waals surface area contributed by atoms with Gasteiger partial charge in [-0.3, -0.25) is 4.99 Å². The summed E-state index contributed by atoms with van der Waals surface area (Å²) in [6.07, 6.45) is 1.92. The lowest BCUT2D eigenvalue weighted by Gasteiger charge is -2.26. The van der Waals surface area contributed by atoms with Crippen molar-refractivity contribution in [2.45, 2.75) is 6.17 Å². The average molecular weight is 718 g/mol. The molecule has 10 aromatic rings. The van der Waals surface area contributed by atoms with Crippen LogP contribution in [0.1, 0.15) is 22.9 Å². The number of rotatable bonds is 6. The number of nitrogens with one attached hydrogen (secondary N) is 1. The summed E-state index contributed by atoms with van der Waals surface area (Å²) in [5, 5.41) is 8.51. The second kappa shape index (κ2) is 13.2. The van der Waals surface area contributed by atoms with E-state index in [1.807, 2.05) is 12.1 Å². The van der Waals surface area contributed by atoms with Gasteiger partial charge in [-0.2, -0.15) is 0 Å². The average Bonchev–Trinajstić information content (AvgIpc) is 3.82. The monoisotopic (exact) mass is 717 g/mol. The van der Waals surface area contributed by atoms with E-state index in [0.717, 1.165) is 66.8 Å². The number of hydrogen-bond donors (Lipinski definition) is 1. The van der Waals surface area contributed by atoms with E-state index in [9.17, 15) is 0 Å². The van der Waals surface area contributed by atoms with Crippen molar-refractivity contribution >= 4 is 55.2 Å². The van der Waals surface area contributed by atoms with Crippen LogP contribution >= 0.6 is 0 Å². The van der Waals surface area contributed by atoms with Crippen LogP contribution in [0, 0.1) is 0 Å². The van der Waals surface area contributed by atoms with E-state index in [1.54, 1.807) is 0 Å². The molecule has 8 aromatic carbocycles. The molecule has 1 N–H and O–H groups in total. The maximum atomic E-state index is 6.19. The van der Waals surface area contributed by atoms with Gasteiger partial charge in [-0.1, -0.05) is 158 Å². The number of para-hydroxylation sites is 2. The Kier molecular flexibility index (Phi) is 7.52. The highest BCUT2D eigenvalue weighted by molar-refractivity contribution is 6.16. The van der Waals surface area contributed by atoms with Crippen molar-refractivity contribution in [3.8, 4) is 27.9 Å². The lowest BCUT2D eigenvalue weighted by Crippen LogP contribution is -2.25. The highest BCUT2D eigenvalue weighted by atomic mass is 16.3. The number of benzene rings is 8. The fraction of sp³-hybridized carbons (Fsp3) is 0.0192. The van der Waals surface area contributed by atoms with Gasteiger partial charge in [0, 0.05) is 38.5 Å². The Bertz CT molecular complexity index is 3150. The molecule has 2 aromatic heterocycles. The van der Waals surface area contributed by atoms with Gasteiger partial charge >= 0.3 is 0 Å².